The number of ether oxygens (including phenoxy) is 2. The maximum absolute atomic E-state index is 12.1. The van der Waals surface area contributed by atoms with Crippen LogP contribution in [0.15, 0.2) is 36.5 Å². The second-order valence-corrected chi connectivity index (χ2v) is 6.47. The minimum atomic E-state index is -1.06. The van der Waals surface area contributed by atoms with Gasteiger partial charge in [-0.05, 0) is 44.5 Å². The van der Waals surface area contributed by atoms with Gasteiger partial charge in [-0.15, -0.1) is 0 Å². The van der Waals surface area contributed by atoms with Gasteiger partial charge in [0.25, 0.3) is 5.91 Å². The molecule has 1 aromatic heterocycles. The normalized spacial score (nSPS) is 12.8. The molecule has 0 spiro atoms. The number of nitrogens with zero attached hydrogens (tertiary/aromatic N) is 1. The van der Waals surface area contributed by atoms with E-state index in [-0.39, 0.29) is 10.8 Å². The molecule has 26 heavy (non-hydrogen) atoms. The number of rotatable bonds is 6. The Morgan fingerprint density at radius 1 is 1.15 bits per heavy atom. The van der Waals surface area contributed by atoms with E-state index < -0.39 is 24.1 Å². The number of aromatic nitrogens is 1. The molecule has 138 valence electrons. The molecule has 0 aliphatic heterocycles. The Labute approximate surface area is 161 Å². The van der Waals surface area contributed by atoms with Gasteiger partial charge in [-0.2, -0.15) is 0 Å². The van der Waals surface area contributed by atoms with Gasteiger partial charge in [-0.3, -0.25) is 4.79 Å². The SMILES string of the molecule is Cc1cccc(O[C@@H](C)C(=O)O[C@@H](C)C(=O)Nc2ncc(Cl)cc2Cl)c1. The van der Waals surface area contributed by atoms with Crippen LogP contribution >= 0.6 is 23.2 Å². The fraction of sp³-hybridized carbons (Fsp3) is 0.278. The average molecular weight is 397 g/mol. The number of amides is 1. The molecule has 8 heteroatoms. The largest absolute Gasteiger partial charge is 0.479 e. The molecule has 2 atom stereocenters. The number of aryl methyl sites for hydroxylation is 1. The van der Waals surface area contributed by atoms with Crippen molar-refractivity contribution < 1.29 is 19.1 Å². The van der Waals surface area contributed by atoms with Crippen LogP contribution in [0.25, 0.3) is 0 Å². The highest BCUT2D eigenvalue weighted by Crippen LogP contribution is 2.22. The summed E-state index contributed by atoms with van der Waals surface area (Å²) >= 11 is 11.7. The molecular weight excluding hydrogens is 379 g/mol. The third-order valence-electron chi connectivity index (χ3n) is 3.35. The molecule has 1 heterocycles. The summed E-state index contributed by atoms with van der Waals surface area (Å²) in [4.78, 5) is 28.2. The van der Waals surface area contributed by atoms with Gasteiger partial charge >= 0.3 is 5.97 Å². The molecule has 1 N–H and O–H groups in total. The van der Waals surface area contributed by atoms with Crippen molar-refractivity contribution in [3.8, 4) is 5.75 Å². The molecule has 0 aliphatic rings. The Morgan fingerprint density at radius 3 is 2.54 bits per heavy atom. The Kier molecular flexibility index (Phi) is 6.83. The number of pyridine rings is 1. The van der Waals surface area contributed by atoms with E-state index >= 15 is 0 Å². The minimum Gasteiger partial charge on any atom is -0.479 e. The third-order valence-corrected chi connectivity index (χ3v) is 3.84. The van der Waals surface area contributed by atoms with Crippen LogP contribution in [0.3, 0.4) is 0 Å². The first-order valence-corrected chi connectivity index (χ1v) is 8.57. The molecule has 0 radical (unpaired) electrons. The summed E-state index contributed by atoms with van der Waals surface area (Å²) in [6.07, 6.45) is -0.582. The second-order valence-electron chi connectivity index (χ2n) is 5.63. The van der Waals surface area contributed by atoms with Crippen LogP contribution < -0.4 is 10.1 Å². The number of carbonyl (C=O) groups is 2. The van der Waals surface area contributed by atoms with E-state index in [0.29, 0.717) is 10.8 Å². The first kappa shape index (κ1) is 20.0. The highest BCUT2D eigenvalue weighted by atomic mass is 35.5. The molecular formula is C18H18Cl2N2O4. The van der Waals surface area contributed by atoms with E-state index in [1.807, 2.05) is 19.1 Å². The fourth-order valence-corrected chi connectivity index (χ4v) is 2.42. The molecule has 1 amide bonds. The number of carbonyl (C=O) groups excluding carboxylic acids is 2. The lowest BCUT2D eigenvalue weighted by molar-refractivity contribution is -0.159. The van der Waals surface area contributed by atoms with Gasteiger partial charge in [-0.1, -0.05) is 35.3 Å². The predicted molar refractivity (Wildman–Crippen MR) is 99.7 cm³/mol. The van der Waals surface area contributed by atoms with Gasteiger partial charge in [0.15, 0.2) is 18.0 Å². The van der Waals surface area contributed by atoms with E-state index in [1.165, 1.54) is 19.2 Å². The number of halogens is 2. The van der Waals surface area contributed by atoms with E-state index in [0.717, 1.165) is 5.56 Å². The number of esters is 1. The second kappa shape index (κ2) is 8.87. The molecule has 0 fully saturated rings. The van der Waals surface area contributed by atoms with Crippen LogP contribution in [-0.4, -0.2) is 29.1 Å². The molecule has 0 aliphatic carbocycles. The van der Waals surface area contributed by atoms with Gasteiger partial charge < -0.3 is 14.8 Å². The zero-order valence-corrected chi connectivity index (χ0v) is 16.0. The van der Waals surface area contributed by atoms with E-state index in [1.54, 1.807) is 19.1 Å². The molecule has 6 nitrogen and oxygen atoms in total. The first-order valence-electron chi connectivity index (χ1n) is 7.82. The summed E-state index contributed by atoms with van der Waals surface area (Å²) < 4.78 is 10.7. The van der Waals surface area contributed by atoms with Gasteiger partial charge in [0.1, 0.15) is 5.75 Å². The van der Waals surface area contributed by atoms with Crippen molar-refractivity contribution in [3.63, 3.8) is 0 Å². The maximum Gasteiger partial charge on any atom is 0.347 e. The lowest BCUT2D eigenvalue weighted by Crippen LogP contribution is -2.35. The van der Waals surface area contributed by atoms with Crippen molar-refractivity contribution in [3.05, 3.63) is 52.1 Å². The summed E-state index contributed by atoms with van der Waals surface area (Å²) in [5, 5.41) is 3.00. The molecule has 2 aromatic rings. The number of anilines is 1. The van der Waals surface area contributed by atoms with Crippen molar-refractivity contribution >= 4 is 40.9 Å². The molecule has 0 bridgehead atoms. The summed E-state index contributed by atoms with van der Waals surface area (Å²) in [7, 11) is 0. The predicted octanol–water partition coefficient (Wildman–Crippen LogP) is 4.03. The standard InChI is InChI=1S/C18H18Cl2N2O4/c1-10-5-4-6-14(7-10)25-12(3)18(24)26-11(2)17(23)22-16-15(20)8-13(19)9-21-16/h4-9,11-12H,1-3H3,(H,21,22,23)/t11-,12-/m0/s1. The Hall–Kier alpha value is -2.31. The van der Waals surface area contributed by atoms with E-state index in [9.17, 15) is 9.59 Å². The zero-order valence-electron chi connectivity index (χ0n) is 14.5. The maximum atomic E-state index is 12.1. The van der Waals surface area contributed by atoms with Gasteiger partial charge in [0.2, 0.25) is 0 Å². The topological polar surface area (TPSA) is 77.5 Å². The first-order chi connectivity index (χ1) is 12.3. The number of hydrogen-bond donors (Lipinski definition) is 1. The summed E-state index contributed by atoms with van der Waals surface area (Å²) in [6.45, 7) is 4.90. The van der Waals surface area contributed by atoms with E-state index in [4.69, 9.17) is 32.7 Å². The van der Waals surface area contributed by atoms with Crippen molar-refractivity contribution in [2.45, 2.75) is 33.0 Å². The summed E-state index contributed by atoms with van der Waals surface area (Å²) in [5.74, 6) is -0.557. The van der Waals surface area contributed by atoms with Gasteiger partial charge in [0.05, 0.1) is 10.0 Å². The number of benzene rings is 1. The fourth-order valence-electron chi connectivity index (χ4n) is 1.99. The number of nitrogens with one attached hydrogen (secondary N) is 1. The van der Waals surface area contributed by atoms with E-state index in [2.05, 4.69) is 10.3 Å². The molecule has 1 aromatic carbocycles. The Bertz CT molecular complexity index is 814. The van der Waals surface area contributed by atoms with Crippen molar-refractivity contribution in [1.82, 2.24) is 4.98 Å². The highest BCUT2D eigenvalue weighted by molar-refractivity contribution is 6.36. The monoisotopic (exact) mass is 396 g/mol. The van der Waals surface area contributed by atoms with Crippen molar-refractivity contribution in [2.24, 2.45) is 0 Å². The smallest absolute Gasteiger partial charge is 0.347 e. The van der Waals surface area contributed by atoms with Crippen LogP contribution in [0, 0.1) is 6.92 Å². The quantitative estimate of drug-likeness (QED) is 0.745. The summed E-state index contributed by atoms with van der Waals surface area (Å²) in [6, 6.07) is 8.72. The molecule has 0 unspecified atom stereocenters. The zero-order chi connectivity index (χ0) is 19.3. The van der Waals surface area contributed by atoms with Crippen LogP contribution in [0.2, 0.25) is 10.0 Å². The highest BCUT2D eigenvalue weighted by Gasteiger charge is 2.24. The van der Waals surface area contributed by atoms with Crippen LogP contribution in [0.4, 0.5) is 5.82 Å². The van der Waals surface area contributed by atoms with Crippen LogP contribution in [0.5, 0.6) is 5.75 Å². The van der Waals surface area contributed by atoms with Gasteiger partial charge in [-0.25, -0.2) is 9.78 Å². The Balaban J connectivity index is 1.91. The molecule has 0 saturated heterocycles. The average Bonchev–Trinajstić information content (AvgIpc) is 2.57. The third kappa shape index (κ3) is 5.61. The van der Waals surface area contributed by atoms with Crippen molar-refractivity contribution in [2.75, 3.05) is 5.32 Å². The minimum absolute atomic E-state index is 0.132. The summed E-state index contributed by atoms with van der Waals surface area (Å²) in [5.41, 5.74) is 1.00. The molecule has 0 saturated carbocycles. The van der Waals surface area contributed by atoms with Crippen LogP contribution in [0.1, 0.15) is 19.4 Å². The lowest BCUT2D eigenvalue weighted by atomic mass is 10.2. The number of hydrogen-bond acceptors (Lipinski definition) is 5. The Morgan fingerprint density at radius 2 is 1.88 bits per heavy atom. The van der Waals surface area contributed by atoms with Gasteiger partial charge in [0, 0.05) is 6.20 Å². The molecule has 2 rings (SSSR count). The lowest BCUT2D eigenvalue weighted by Gasteiger charge is -2.18. The van der Waals surface area contributed by atoms with Crippen molar-refractivity contribution in [1.29, 1.82) is 0 Å². The van der Waals surface area contributed by atoms with Crippen LogP contribution in [-0.2, 0) is 14.3 Å².